The molecule has 2 nitrogen and oxygen atoms in total. The molecule has 0 fully saturated rings. The highest BCUT2D eigenvalue weighted by Crippen LogP contribution is 2.12. The fraction of sp³-hybridized carbons (Fsp3) is 0.611. The van der Waals surface area contributed by atoms with Crippen molar-refractivity contribution in [1.82, 2.24) is 4.90 Å². The van der Waals surface area contributed by atoms with Crippen molar-refractivity contribution < 1.29 is 0 Å². The van der Waals surface area contributed by atoms with Gasteiger partial charge in [-0.1, -0.05) is 39.8 Å². The van der Waals surface area contributed by atoms with Crippen LogP contribution >= 0.6 is 0 Å². The van der Waals surface area contributed by atoms with E-state index in [9.17, 15) is 0 Å². The average Bonchev–Trinajstić information content (AvgIpc) is 2.41. The summed E-state index contributed by atoms with van der Waals surface area (Å²) in [7, 11) is 0. The normalized spacial score (nSPS) is 11.3. The second-order valence-corrected chi connectivity index (χ2v) is 6.45. The molecule has 0 aliphatic heterocycles. The molecule has 0 saturated carbocycles. The topological polar surface area (TPSA) is 27.0 Å². The third kappa shape index (κ3) is 6.73. The Kier molecular flexibility index (Phi) is 7.33. The van der Waals surface area contributed by atoms with Crippen LogP contribution < -0.4 is 0 Å². The average molecular weight is 272 g/mol. The smallest absolute Gasteiger partial charge is 0.0991 e. The van der Waals surface area contributed by atoms with Crippen molar-refractivity contribution in [3.05, 3.63) is 35.4 Å². The Hall–Kier alpha value is -1.33. The minimum Gasteiger partial charge on any atom is -0.299 e. The summed E-state index contributed by atoms with van der Waals surface area (Å²) in [6.45, 7) is 12.3. The second-order valence-electron chi connectivity index (χ2n) is 6.45. The monoisotopic (exact) mass is 272 g/mol. The van der Waals surface area contributed by atoms with E-state index in [-0.39, 0.29) is 0 Å². The van der Waals surface area contributed by atoms with Gasteiger partial charge in [-0.25, -0.2) is 0 Å². The summed E-state index contributed by atoms with van der Waals surface area (Å²) in [6, 6.07) is 10.2. The van der Waals surface area contributed by atoms with Gasteiger partial charge in [-0.2, -0.15) is 5.26 Å². The summed E-state index contributed by atoms with van der Waals surface area (Å²) in [5.74, 6) is 1.48. The molecule has 0 spiro atoms. The lowest BCUT2D eigenvalue weighted by Crippen LogP contribution is -2.27. The minimum absolute atomic E-state index is 0.738. The van der Waals surface area contributed by atoms with Crippen LogP contribution in [0.4, 0.5) is 0 Å². The molecule has 0 unspecified atom stereocenters. The van der Waals surface area contributed by atoms with Crippen molar-refractivity contribution in [2.75, 3.05) is 13.1 Å². The molecule has 20 heavy (non-hydrogen) atoms. The van der Waals surface area contributed by atoms with Crippen LogP contribution in [-0.2, 0) is 6.54 Å². The van der Waals surface area contributed by atoms with Gasteiger partial charge < -0.3 is 0 Å². The minimum atomic E-state index is 0.738. The molecule has 0 aliphatic carbocycles. The maximum Gasteiger partial charge on any atom is 0.0991 e. The van der Waals surface area contributed by atoms with Crippen LogP contribution in [0.25, 0.3) is 0 Å². The van der Waals surface area contributed by atoms with E-state index in [1.807, 2.05) is 18.2 Å². The lowest BCUT2D eigenvalue weighted by molar-refractivity contribution is 0.235. The lowest BCUT2D eigenvalue weighted by atomic mass is 10.1. The molecule has 110 valence electrons. The number of rotatable bonds is 8. The Labute approximate surface area is 124 Å². The van der Waals surface area contributed by atoms with Gasteiger partial charge in [-0.05, 0) is 55.5 Å². The molecule has 0 bridgehead atoms. The molecule has 0 heterocycles. The van der Waals surface area contributed by atoms with Crippen molar-refractivity contribution in [2.45, 2.75) is 47.1 Å². The van der Waals surface area contributed by atoms with E-state index in [1.54, 1.807) is 0 Å². The van der Waals surface area contributed by atoms with Gasteiger partial charge in [0, 0.05) is 6.54 Å². The van der Waals surface area contributed by atoms with Crippen LogP contribution in [-0.4, -0.2) is 18.0 Å². The Balaban J connectivity index is 2.64. The Bertz CT molecular complexity index is 417. The molecule has 0 radical (unpaired) electrons. The van der Waals surface area contributed by atoms with Crippen molar-refractivity contribution in [3.8, 4) is 6.07 Å². The summed E-state index contributed by atoms with van der Waals surface area (Å²) < 4.78 is 0. The van der Waals surface area contributed by atoms with Gasteiger partial charge in [0.2, 0.25) is 0 Å². The molecule has 2 heteroatoms. The summed E-state index contributed by atoms with van der Waals surface area (Å²) in [4.78, 5) is 2.52. The maximum absolute atomic E-state index is 8.98. The fourth-order valence-corrected chi connectivity index (χ4v) is 2.15. The molecule has 0 amide bonds. The predicted molar refractivity (Wildman–Crippen MR) is 85.3 cm³/mol. The molecule has 0 saturated heterocycles. The van der Waals surface area contributed by atoms with Gasteiger partial charge in [0.25, 0.3) is 0 Å². The largest absolute Gasteiger partial charge is 0.299 e. The molecule has 0 aromatic heterocycles. The predicted octanol–water partition coefficient (Wildman–Crippen LogP) is 4.45. The lowest BCUT2D eigenvalue weighted by Gasteiger charge is -2.24. The number of nitrogens with zero attached hydrogens (tertiary/aromatic N) is 2. The van der Waals surface area contributed by atoms with Gasteiger partial charge in [-0.3, -0.25) is 4.90 Å². The molecule has 1 rings (SSSR count). The summed E-state index contributed by atoms with van der Waals surface area (Å²) in [6.07, 6.45) is 2.46. The van der Waals surface area contributed by atoms with E-state index in [0.717, 1.165) is 37.0 Å². The number of hydrogen-bond acceptors (Lipinski definition) is 2. The Morgan fingerprint density at radius 3 is 2.15 bits per heavy atom. The third-order valence-electron chi connectivity index (χ3n) is 3.51. The summed E-state index contributed by atoms with van der Waals surface area (Å²) >= 11 is 0. The van der Waals surface area contributed by atoms with Crippen molar-refractivity contribution >= 4 is 0 Å². The summed E-state index contributed by atoms with van der Waals surface area (Å²) in [5.41, 5.74) is 2.01. The molecule has 1 aromatic rings. The zero-order chi connectivity index (χ0) is 15.0. The molecule has 0 aliphatic rings. The van der Waals surface area contributed by atoms with Crippen LogP contribution in [0, 0.1) is 23.2 Å². The molecule has 0 atom stereocenters. The maximum atomic E-state index is 8.98. The van der Waals surface area contributed by atoms with E-state index in [1.165, 1.54) is 18.4 Å². The third-order valence-corrected chi connectivity index (χ3v) is 3.51. The van der Waals surface area contributed by atoms with E-state index < -0.39 is 0 Å². The highest BCUT2D eigenvalue weighted by atomic mass is 15.1. The van der Waals surface area contributed by atoms with Crippen LogP contribution in [0.1, 0.15) is 51.7 Å². The van der Waals surface area contributed by atoms with Gasteiger partial charge in [0.05, 0.1) is 11.6 Å². The van der Waals surface area contributed by atoms with E-state index in [0.29, 0.717) is 0 Å². The number of hydrogen-bond donors (Lipinski definition) is 0. The highest BCUT2D eigenvalue weighted by molar-refractivity contribution is 5.32. The Morgan fingerprint density at radius 1 is 1.05 bits per heavy atom. The van der Waals surface area contributed by atoms with Crippen molar-refractivity contribution in [3.63, 3.8) is 0 Å². The SMILES string of the molecule is CC(C)CCN(CCC(C)C)Cc1cccc(C#N)c1. The molecular formula is C18H28N2. The van der Waals surface area contributed by atoms with Crippen molar-refractivity contribution in [1.29, 1.82) is 5.26 Å². The first-order valence-electron chi connectivity index (χ1n) is 7.72. The van der Waals surface area contributed by atoms with Crippen LogP contribution in [0.5, 0.6) is 0 Å². The summed E-state index contributed by atoms with van der Waals surface area (Å²) in [5, 5.41) is 8.98. The quantitative estimate of drug-likeness (QED) is 0.699. The van der Waals surface area contributed by atoms with Gasteiger partial charge in [0.1, 0.15) is 0 Å². The molecule has 1 aromatic carbocycles. The first-order chi connectivity index (χ1) is 9.51. The zero-order valence-electron chi connectivity index (χ0n) is 13.4. The van der Waals surface area contributed by atoms with Crippen molar-refractivity contribution in [2.24, 2.45) is 11.8 Å². The number of benzene rings is 1. The van der Waals surface area contributed by atoms with E-state index in [2.05, 4.69) is 44.7 Å². The highest BCUT2D eigenvalue weighted by Gasteiger charge is 2.08. The Morgan fingerprint density at radius 2 is 1.65 bits per heavy atom. The van der Waals surface area contributed by atoms with Gasteiger partial charge in [-0.15, -0.1) is 0 Å². The molecular weight excluding hydrogens is 244 g/mol. The van der Waals surface area contributed by atoms with E-state index in [4.69, 9.17) is 5.26 Å². The first kappa shape index (κ1) is 16.7. The fourth-order valence-electron chi connectivity index (χ4n) is 2.15. The standard InChI is InChI=1S/C18H28N2/c1-15(2)8-10-20(11-9-16(3)4)14-18-7-5-6-17(12-18)13-19/h5-7,12,15-16H,8-11,14H2,1-4H3. The van der Waals surface area contributed by atoms with Crippen LogP contribution in [0.3, 0.4) is 0 Å². The van der Waals surface area contributed by atoms with Crippen LogP contribution in [0.2, 0.25) is 0 Å². The first-order valence-corrected chi connectivity index (χ1v) is 7.72. The van der Waals surface area contributed by atoms with Crippen LogP contribution in [0.15, 0.2) is 24.3 Å². The van der Waals surface area contributed by atoms with Gasteiger partial charge in [0.15, 0.2) is 0 Å². The number of nitriles is 1. The molecule has 0 N–H and O–H groups in total. The zero-order valence-corrected chi connectivity index (χ0v) is 13.4. The van der Waals surface area contributed by atoms with E-state index >= 15 is 0 Å². The second kappa shape index (κ2) is 8.76. The van der Waals surface area contributed by atoms with Gasteiger partial charge >= 0.3 is 0 Å².